The van der Waals surface area contributed by atoms with Crippen molar-refractivity contribution >= 4 is 15.9 Å². The largest absolute Gasteiger partial charge is 0.493 e. The summed E-state index contributed by atoms with van der Waals surface area (Å²) in [6.07, 6.45) is 0.980. The first kappa shape index (κ1) is 10.8. The van der Waals surface area contributed by atoms with Crippen LogP contribution in [0.15, 0.2) is 10.5 Å². The Balaban J connectivity index is 2.59. The van der Waals surface area contributed by atoms with Gasteiger partial charge in [0.25, 0.3) is 0 Å². The van der Waals surface area contributed by atoms with Gasteiger partial charge in [-0.1, -0.05) is 15.9 Å². The second-order valence-corrected chi connectivity index (χ2v) is 4.33. The lowest BCUT2D eigenvalue weighted by Gasteiger charge is -2.22. The lowest BCUT2D eigenvalue weighted by Crippen LogP contribution is -2.24. The minimum atomic E-state index is 0.796. The van der Waals surface area contributed by atoms with E-state index in [1.54, 1.807) is 14.2 Å². The number of fused-ring (bicyclic) bond motifs is 1. The fourth-order valence-corrected chi connectivity index (χ4v) is 2.54. The van der Waals surface area contributed by atoms with Crippen molar-refractivity contribution in [1.29, 1.82) is 0 Å². The van der Waals surface area contributed by atoms with Gasteiger partial charge in [0, 0.05) is 16.6 Å². The highest BCUT2D eigenvalue weighted by Gasteiger charge is 2.20. The Morgan fingerprint density at radius 3 is 2.73 bits per heavy atom. The summed E-state index contributed by atoms with van der Waals surface area (Å²) in [5.74, 6) is 1.67. The van der Waals surface area contributed by atoms with Crippen LogP contribution in [0.5, 0.6) is 11.5 Å². The van der Waals surface area contributed by atoms with Crippen molar-refractivity contribution in [3.8, 4) is 11.5 Å². The molecule has 1 aliphatic heterocycles. The maximum Gasteiger partial charge on any atom is 0.164 e. The van der Waals surface area contributed by atoms with Crippen molar-refractivity contribution in [3.05, 3.63) is 21.7 Å². The molecular formula is C11H14BrNO2. The first-order valence-electron chi connectivity index (χ1n) is 4.91. The zero-order valence-electron chi connectivity index (χ0n) is 8.89. The highest BCUT2D eigenvalue weighted by Crippen LogP contribution is 2.39. The van der Waals surface area contributed by atoms with Crippen molar-refractivity contribution in [2.75, 3.05) is 20.8 Å². The van der Waals surface area contributed by atoms with Gasteiger partial charge in [0.15, 0.2) is 11.5 Å². The molecule has 1 N–H and O–H groups in total. The summed E-state index contributed by atoms with van der Waals surface area (Å²) < 4.78 is 11.8. The van der Waals surface area contributed by atoms with E-state index < -0.39 is 0 Å². The SMILES string of the molecule is COc1cc(Br)c2c(c1OC)CCNC2. The van der Waals surface area contributed by atoms with E-state index in [2.05, 4.69) is 21.2 Å². The summed E-state index contributed by atoms with van der Waals surface area (Å²) in [6, 6.07) is 1.96. The Hall–Kier alpha value is -0.740. The summed E-state index contributed by atoms with van der Waals surface area (Å²) in [7, 11) is 3.35. The van der Waals surface area contributed by atoms with E-state index in [1.165, 1.54) is 11.1 Å². The van der Waals surface area contributed by atoms with E-state index in [1.807, 2.05) is 6.07 Å². The Labute approximate surface area is 97.9 Å². The third kappa shape index (κ3) is 1.84. The zero-order valence-corrected chi connectivity index (χ0v) is 10.5. The highest BCUT2D eigenvalue weighted by molar-refractivity contribution is 9.10. The number of nitrogens with one attached hydrogen (secondary N) is 1. The van der Waals surface area contributed by atoms with Gasteiger partial charge in [-0.15, -0.1) is 0 Å². The molecule has 15 heavy (non-hydrogen) atoms. The molecule has 0 saturated carbocycles. The van der Waals surface area contributed by atoms with E-state index in [-0.39, 0.29) is 0 Å². The third-order valence-corrected chi connectivity index (χ3v) is 3.39. The lowest BCUT2D eigenvalue weighted by molar-refractivity contribution is 0.349. The summed E-state index contributed by atoms with van der Waals surface area (Å²) in [5, 5.41) is 3.34. The molecule has 0 spiro atoms. The number of methoxy groups -OCH3 is 2. The predicted octanol–water partition coefficient (Wildman–Crippen LogP) is 2.11. The standard InChI is InChI=1S/C11H14BrNO2/c1-14-10-5-9(12)8-6-13-4-3-7(8)11(10)15-2/h5,13H,3-4,6H2,1-2H3. The molecule has 82 valence electrons. The van der Waals surface area contributed by atoms with Gasteiger partial charge in [0.2, 0.25) is 0 Å². The van der Waals surface area contributed by atoms with Crippen molar-refractivity contribution < 1.29 is 9.47 Å². The van der Waals surface area contributed by atoms with Gasteiger partial charge in [-0.3, -0.25) is 0 Å². The fourth-order valence-electron chi connectivity index (χ4n) is 1.96. The summed E-state index contributed by atoms with van der Waals surface area (Å²) >= 11 is 3.56. The lowest BCUT2D eigenvalue weighted by atomic mass is 9.99. The van der Waals surface area contributed by atoms with Gasteiger partial charge >= 0.3 is 0 Å². The minimum Gasteiger partial charge on any atom is -0.493 e. The third-order valence-electron chi connectivity index (χ3n) is 2.69. The number of ether oxygens (including phenoxy) is 2. The first-order chi connectivity index (χ1) is 7.27. The second-order valence-electron chi connectivity index (χ2n) is 3.48. The van der Waals surface area contributed by atoms with E-state index in [0.29, 0.717) is 0 Å². The van der Waals surface area contributed by atoms with Crippen molar-refractivity contribution in [2.24, 2.45) is 0 Å². The number of halogens is 1. The van der Waals surface area contributed by atoms with Gasteiger partial charge in [0.1, 0.15) is 0 Å². The summed E-state index contributed by atoms with van der Waals surface area (Å²) in [4.78, 5) is 0. The van der Waals surface area contributed by atoms with Crippen LogP contribution in [0, 0.1) is 0 Å². The quantitative estimate of drug-likeness (QED) is 0.894. The molecule has 1 aromatic rings. The van der Waals surface area contributed by atoms with Gasteiger partial charge in [-0.2, -0.15) is 0 Å². The molecule has 0 aliphatic carbocycles. The summed E-state index contributed by atoms with van der Waals surface area (Å²) in [6.45, 7) is 1.87. The topological polar surface area (TPSA) is 30.5 Å². The molecule has 2 rings (SSSR count). The molecule has 0 unspecified atom stereocenters. The molecule has 0 atom stereocenters. The molecular weight excluding hydrogens is 258 g/mol. The van der Waals surface area contributed by atoms with Crippen LogP contribution in [0.25, 0.3) is 0 Å². The van der Waals surface area contributed by atoms with E-state index in [0.717, 1.165) is 35.5 Å². The average Bonchev–Trinajstić information content (AvgIpc) is 2.29. The van der Waals surface area contributed by atoms with Crippen LogP contribution >= 0.6 is 15.9 Å². The van der Waals surface area contributed by atoms with Crippen molar-refractivity contribution in [3.63, 3.8) is 0 Å². The van der Waals surface area contributed by atoms with E-state index in [9.17, 15) is 0 Å². The maximum absolute atomic E-state index is 5.42. The first-order valence-corrected chi connectivity index (χ1v) is 5.70. The predicted molar refractivity (Wildman–Crippen MR) is 62.7 cm³/mol. The number of hydrogen-bond donors (Lipinski definition) is 1. The molecule has 1 aliphatic rings. The van der Waals surface area contributed by atoms with Crippen LogP contribution in [0.2, 0.25) is 0 Å². The van der Waals surface area contributed by atoms with Gasteiger partial charge in [0.05, 0.1) is 14.2 Å². The minimum absolute atomic E-state index is 0.796. The normalized spacial score (nSPS) is 14.6. The van der Waals surface area contributed by atoms with Crippen LogP contribution in [0.4, 0.5) is 0 Å². The molecule has 4 heteroatoms. The van der Waals surface area contributed by atoms with Crippen LogP contribution in [-0.4, -0.2) is 20.8 Å². The molecule has 0 amide bonds. The molecule has 0 saturated heterocycles. The van der Waals surface area contributed by atoms with Crippen LogP contribution in [0.1, 0.15) is 11.1 Å². The molecule has 1 heterocycles. The molecule has 0 radical (unpaired) electrons. The molecule has 0 fully saturated rings. The number of hydrogen-bond acceptors (Lipinski definition) is 3. The van der Waals surface area contributed by atoms with Crippen molar-refractivity contribution in [1.82, 2.24) is 5.32 Å². The molecule has 1 aromatic carbocycles. The number of benzene rings is 1. The van der Waals surface area contributed by atoms with Gasteiger partial charge in [-0.05, 0) is 24.6 Å². The Morgan fingerprint density at radius 2 is 2.07 bits per heavy atom. The monoisotopic (exact) mass is 271 g/mol. The van der Waals surface area contributed by atoms with E-state index >= 15 is 0 Å². The average molecular weight is 272 g/mol. The fraction of sp³-hybridized carbons (Fsp3) is 0.455. The molecule has 0 bridgehead atoms. The zero-order chi connectivity index (χ0) is 10.8. The smallest absolute Gasteiger partial charge is 0.164 e. The summed E-state index contributed by atoms with van der Waals surface area (Å²) in [5.41, 5.74) is 2.53. The molecule has 3 nitrogen and oxygen atoms in total. The Bertz CT molecular complexity index is 379. The van der Waals surface area contributed by atoms with Crippen molar-refractivity contribution in [2.45, 2.75) is 13.0 Å². The Morgan fingerprint density at radius 1 is 1.27 bits per heavy atom. The highest BCUT2D eigenvalue weighted by atomic mass is 79.9. The van der Waals surface area contributed by atoms with Crippen LogP contribution < -0.4 is 14.8 Å². The number of rotatable bonds is 2. The van der Waals surface area contributed by atoms with Crippen LogP contribution in [0.3, 0.4) is 0 Å². The Kier molecular flexibility index (Phi) is 3.17. The van der Waals surface area contributed by atoms with Gasteiger partial charge < -0.3 is 14.8 Å². The van der Waals surface area contributed by atoms with E-state index in [4.69, 9.17) is 9.47 Å². The maximum atomic E-state index is 5.42. The van der Waals surface area contributed by atoms with Crippen LogP contribution in [-0.2, 0) is 13.0 Å². The molecule has 0 aromatic heterocycles. The van der Waals surface area contributed by atoms with Gasteiger partial charge in [-0.25, -0.2) is 0 Å². The second kappa shape index (κ2) is 4.41.